The smallest absolute Gasteiger partial charge is 0.228 e. The van der Waals surface area contributed by atoms with Crippen LogP contribution in [0.1, 0.15) is 38.5 Å². The van der Waals surface area contributed by atoms with E-state index in [0.29, 0.717) is 11.8 Å². The van der Waals surface area contributed by atoms with Gasteiger partial charge in [0.2, 0.25) is 11.8 Å². The normalized spacial score (nSPS) is 37.7. The van der Waals surface area contributed by atoms with Crippen LogP contribution in [0.15, 0.2) is 22.3 Å². The summed E-state index contributed by atoms with van der Waals surface area (Å²) < 4.78 is 1.15. The van der Waals surface area contributed by atoms with E-state index in [1.807, 2.05) is 12.2 Å². The lowest BCUT2D eigenvalue weighted by atomic mass is 9.78. The fourth-order valence-corrected chi connectivity index (χ4v) is 5.68. The van der Waals surface area contributed by atoms with E-state index in [2.05, 4.69) is 21.2 Å². The Morgan fingerprint density at radius 1 is 1.14 bits per heavy atom. The van der Waals surface area contributed by atoms with Gasteiger partial charge in [-0.1, -0.05) is 22.0 Å². The van der Waals surface area contributed by atoms with E-state index in [1.54, 1.807) is 0 Å². The second-order valence-electron chi connectivity index (χ2n) is 7.27. The summed E-state index contributed by atoms with van der Waals surface area (Å²) in [4.78, 5) is 24.8. The van der Waals surface area contributed by atoms with Crippen molar-refractivity contribution in [2.75, 3.05) is 0 Å². The summed E-state index contributed by atoms with van der Waals surface area (Å²) in [5, 5.41) is 3.07. The summed E-state index contributed by atoms with van der Waals surface area (Å²) in [5.41, 5.74) is 6.88. The van der Waals surface area contributed by atoms with Crippen molar-refractivity contribution in [3.05, 3.63) is 22.3 Å². The number of amides is 2. The second-order valence-corrected chi connectivity index (χ2v) is 8.29. The van der Waals surface area contributed by atoms with Crippen molar-refractivity contribution in [3.8, 4) is 0 Å². The molecule has 0 aromatic heterocycles. The molecule has 4 nitrogen and oxygen atoms in total. The van der Waals surface area contributed by atoms with E-state index in [0.717, 1.165) is 35.9 Å². The van der Waals surface area contributed by atoms with Crippen LogP contribution in [0.2, 0.25) is 0 Å². The van der Waals surface area contributed by atoms with Gasteiger partial charge < -0.3 is 11.1 Å². The Kier molecular flexibility index (Phi) is 3.26. The molecule has 4 aliphatic carbocycles. The van der Waals surface area contributed by atoms with Crippen LogP contribution in [-0.2, 0) is 9.59 Å². The molecule has 0 saturated heterocycles. The molecule has 22 heavy (non-hydrogen) atoms. The number of primary amides is 1. The van der Waals surface area contributed by atoms with Gasteiger partial charge >= 0.3 is 0 Å². The van der Waals surface area contributed by atoms with E-state index in [-0.39, 0.29) is 29.1 Å². The maximum Gasteiger partial charge on any atom is 0.228 e. The third-order valence-electron chi connectivity index (χ3n) is 6.36. The van der Waals surface area contributed by atoms with Crippen LogP contribution >= 0.6 is 15.9 Å². The molecule has 0 radical (unpaired) electrons. The van der Waals surface area contributed by atoms with Gasteiger partial charge in [0.1, 0.15) is 0 Å². The molecule has 2 bridgehead atoms. The summed E-state index contributed by atoms with van der Waals surface area (Å²) in [6.07, 6.45) is 10.2. The topological polar surface area (TPSA) is 72.2 Å². The number of carbonyl (C=O) groups excluding carboxylic acids is 2. The van der Waals surface area contributed by atoms with Crippen LogP contribution in [0.25, 0.3) is 0 Å². The monoisotopic (exact) mass is 364 g/mol. The highest BCUT2D eigenvalue weighted by Gasteiger charge is 2.71. The van der Waals surface area contributed by atoms with Gasteiger partial charge in [0.15, 0.2) is 0 Å². The van der Waals surface area contributed by atoms with E-state index < -0.39 is 0 Å². The molecule has 2 amide bonds. The molecule has 0 aromatic rings. The predicted molar refractivity (Wildman–Crippen MR) is 86.5 cm³/mol. The Morgan fingerprint density at radius 2 is 1.82 bits per heavy atom. The van der Waals surface area contributed by atoms with Gasteiger partial charge in [0, 0.05) is 5.70 Å². The van der Waals surface area contributed by atoms with Crippen LogP contribution in [-0.4, -0.2) is 11.8 Å². The van der Waals surface area contributed by atoms with Crippen LogP contribution in [0.5, 0.6) is 0 Å². The van der Waals surface area contributed by atoms with Gasteiger partial charge in [-0.3, -0.25) is 9.59 Å². The fraction of sp³-hybridized carbons (Fsp3) is 0.647. The average molecular weight is 365 g/mol. The standard InChI is InChI=1S/C17H21BrN2O2/c18-9-1-3-10(4-2-9)20-16(22)14-12-6-5-11(13(14)15(19)21)17(12)7-8-17/h1,3,11-14H,2,4-8H2,(H2,19,21)(H,20,22). The molecule has 4 aliphatic rings. The zero-order chi connectivity index (χ0) is 15.5. The number of allylic oxidation sites excluding steroid dienone is 4. The lowest BCUT2D eigenvalue weighted by molar-refractivity contribution is -0.135. The van der Waals surface area contributed by atoms with Gasteiger partial charge in [0.25, 0.3) is 0 Å². The third-order valence-corrected chi connectivity index (χ3v) is 7.02. The summed E-state index contributed by atoms with van der Waals surface area (Å²) in [6, 6.07) is 0. The highest BCUT2D eigenvalue weighted by Crippen LogP contribution is 2.74. The number of nitrogens with two attached hydrogens (primary N) is 1. The molecular weight excluding hydrogens is 344 g/mol. The molecule has 3 fully saturated rings. The minimum absolute atomic E-state index is 0.0138. The van der Waals surface area contributed by atoms with Crippen molar-refractivity contribution in [2.24, 2.45) is 34.8 Å². The van der Waals surface area contributed by atoms with Crippen molar-refractivity contribution in [3.63, 3.8) is 0 Å². The molecule has 0 aromatic carbocycles. The summed E-state index contributed by atoms with van der Waals surface area (Å²) >= 11 is 3.47. The van der Waals surface area contributed by atoms with E-state index in [4.69, 9.17) is 5.73 Å². The molecule has 3 saturated carbocycles. The first-order valence-electron chi connectivity index (χ1n) is 8.18. The molecule has 1 spiro atoms. The largest absolute Gasteiger partial charge is 0.369 e. The minimum atomic E-state index is -0.279. The Bertz CT molecular complexity index is 606. The third kappa shape index (κ3) is 2.01. The molecule has 4 atom stereocenters. The fourth-order valence-electron chi connectivity index (χ4n) is 5.35. The highest BCUT2D eigenvalue weighted by atomic mass is 79.9. The Labute approximate surface area is 138 Å². The molecule has 118 valence electrons. The van der Waals surface area contributed by atoms with Crippen molar-refractivity contribution in [2.45, 2.75) is 38.5 Å². The number of carbonyl (C=O) groups is 2. The lowest BCUT2D eigenvalue weighted by Crippen LogP contribution is -2.43. The Hall–Kier alpha value is -1.10. The van der Waals surface area contributed by atoms with Crippen molar-refractivity contribution >= 4 is 27.7 Å². The van der Waals surface area contributed by atoms with Crippen LogP contribution in [0, 0.1) is 29.1 Å². The van der Waals surface area contributed by atoms with Gasteiger partial charge in [0.05, 0.1) is 11.8 Å². The van der Waals surface area contributed by atoms with Gasteiger partial charge in [-0.2, -0.15) is 0 Å². The maximum atomic E-state index is 12.8. The molecule has 0 aliphatic heterocycles. The molecule has 3 N–H and O–H groups in total. The summed E-state index contributed by atoms with van der Waals surface area (Å²) in [5.74, 6) is -0.0258. The maximum absolute atomic E-state index is 12.8. The molecular formula is C17H21BrN2O2. The first-order valence-corrected chi connectivity index (χ1v) is 8.97. The number of halogens is 1. The second kappa shape index (κ2) is 4.95. The Morgan fingerprint density at radius 3 is 2.36 bits per heavy atom. The average Bonchev–Trinajstić information content (AvgIpc) is 3.15. The molecule has 0 heterocycles. The molecule has 4 unspecified atom stereocenters. The quantitative estimate of drug-likeness (QED) is 0.807. The number of hydrogen-bond acceptors (Lipinski definition) is 2. The lowest BCUT2D eigenvalue weighted by Gasteiger charge is -2.28. The van der Waals surface area contributed by atoms with Crippen molar-refractivity contribution < 1.29 is 9.59 Å². The first kappa shape index (κ1) is 14.5. The zero-order valence-corrected chi connectivity index (χ0v) is 14.1. The molecule has 4 rings (SSSR count). The summed E-state index contributed by atoms with van der Waals surface area (Å²) in [6.45, 7) is 0. The first-order chi connectivity index (χ1) is 10.5. The van der Waals surface area contributed by atoms with Crippen molar-refractivity contribution in [1.82, 2.24) is 5.32 Å². The summed E-state index contributed by atoms with van der Waals surface area (Å²) in [7, 11) is 0. The Balaban J connectivity index is 1.56. The van der Waals surface area contributed by atoms with Gasteiger partial charge in [-0.25, -0.2) is 0 Å². The predicted octanol–water partition coefficient (Wildman–Crippen LogP) is 2.60. The number of nitrogens with one attached hydrogen (secondary N) is 1. The van der Waals surface area contributed by atoms with E-state index >= 15 is 0 Å². The van der Waals surface area contributed by atoms with E-state index in [1.165, 1.54) is 12.8 Å². The SMILES string of the molecule is NC(=O)C1C(C(=O)NC2=CC=C(Br)CC2)C2CCC1C21CC1. The van der Waals surface area contributed by atoms with Crippen LogP contribution in [0.3, 0.4) is 0 Å². The van der Waals surface area contributed by atoms with Crippen LogP contribution in [0.4, 0.5) is 0 Å². The van der Waals surface area contributed by atoms with Crippen LogP contribution < -0.4 is 11.1 Å². The highest BCUT2D eigenvalue weighted by molar-refractivity contribution is 9.11. The van der Waals surface area contributed by atoms with Gasteiger partial charge in [-0.15, -0.1) is 0 Å². The van der Waals surface area contributed by atoms with E-state index in [9.17, 15) is 9.59 Å². The minimum Gasteiger partial charge on any atom is -0.369 e. The van der Waals surface area contributed by atoms with Crippen molar-refractivity contribution in [1.29, 1.82) is 0 Å². The zero-order valence-electron chi connectivity index (χ0n) is 12.5. The number of rotatable bonds is 3. The number of hydrogen-bond donors (Lipinski definition) is 2. The van der Waals surface area contributed by atoms with Gasteiger partial charge in [-0.05, 0) is 66.3 Å². The molecule has 5 heteroatoms.